The number of aromatic nitrogens is 1. The molecule has 1 aliphatic heterocycles. The zero-order chi connectivity index (χ0) is 24.4. The number of carbonyl (C=O) groups is 3. The molecule has 2 heterocycles. The number of nitrogens with one attached hydrogen (secondary N) is 1. The topological polar surface area (TPSA) is 94.6 Å². The third-order valence-corrected chi connectivity index (χ3v) is 5.80. The molecular weight excluding hydrogens is 440 g/mol. The number of benzene rings is 1. The number of rotatable bonds is 9. The van der Waals surface area contributed by atoms with Crippen molar-refractivity contribution in [2.75, 3.05) is 6.61 Å². The molecule has 0 spiro atoms. The van der Waals surface area contributed by atoms with Crippen LogP contribution in [0, 0.1) is 5.92 Å². The Hall–Kier alpha value is -2.87. The monoisotopic (exact) mass is 472 g/mol. The van der Waals surface area contributed by atoms with Crippen LogP contribution in [0.25, 0.3) is 0 Å². The Morgan fingerprint density at radius 2 is 1.79 bits per heavy atom. The van der Waals surface area contributed by atoms with Gasteiger partial charge in [-0.25, -0.2) is 0 Å². The number of carbonyl (C=O) groups excluding carboxylic acids is 3. The van der Waals surface area contributed by atoms with Crippen LogP contribution in [0.4, 0.5) is 4.79 Å². The standard InChI is InChI=1S/C23H26N2O5S.C2H6/c1-14(2)22(27)30-15(3)17-6-7-18(24-13-17)10-11-29-19-8-4-16(5-9-19)12-20-21(26)25-23(28)31-20;1-2/h4-9,13-15,20H,10-12H2,1-3H3,(H,25,26,28);1-2H3/t15?,20-;/m0./s1. The lowest BCUT2D eigenvalue weighted by Crippen LogP contribution is -2.25. The van der Waals surface area contributed by atoms with E-state index in [0.717, 1.165) is 34.3 Å². The summed E-state index contributed by atoms with van der Waals surface area (Å²) in [7, 11) is 0. The minimum atomic E-state index is -0.370. The van der Waals surface area contributed by atoms with E-state index in [2.05, 4.69) is 10.3 Å². The predicted molar refractivity (Wildman–Crippen MR) is 129 cm³/mol. The van der Waals surface area contributed by atoms with Crippen LogP contribution >= 0.6 is 11.8 Å². The molecule has 1 aromatic carbocycles. The minimum absolute atomic E-state index is 0.161. The zero-order valence-corrected chi connectivity index (χ0v) is 20.6. The maximum absolute atomic E-state index is 11.7. The zero-order valence-electron chi connectivity index (χ0n) is 19.8. The van der Waals surface area contributed by atoms with Crippen LogP contribution in [-0.4, -0.2) is 34.0 Å². The molecule has 0 saturated carbocycles. The van der Waals surface area contributed by atoms with Crippen molar-refractivity contribution in [3.8, 4) is 5.75 Å². The summed E-state index contributed by atoms with van der Waals surface area (Å²) in [6.07, 6.45) is 2.54. The molecule has 1 saturated heterocycles. The molecule has 1 N–H and O–H groups in total. The average Bonchev–Trinajstić information content (AvgIpc) is 3.13. The van der Waals surface area contributed by atoms with Crippen molar-refractivity contribution in [3.63, 3.8) is 0 Å². The van der Waals surface area contributed by atoms with Crippen molar-refractivity contribution in [1.82, 2.24) is 10.3 Å². The smallest absolute Gasteiger partial charge is 0.308 e. The van der Waals surface area contributed by atoms with Gasteiger partial charge in [-0.1, -0.05) is 57.7 Å². The number of hydrogen-bond acceptors (Lipinski definition) is 7. The second-order valence-corrected chi connectivity index (χ2v) is 8.82. The van der Waals surface area contributed by atoms with Crippen molar-refractivity contribution >= 4 is 28.9 Å². The van der Waals surface area contributed by atoms with E-state index in [-0.39, 0.29) is 34.4 Å². The largest absolute Gasteiger partial charge is 0.493 e. The van der Waals surface area contributed by atoms with Crippen LogP contribution in [0.3, 0.4) is 0 Å². The first-order valence-corrected chi connectivity index (χ1v) is 12.1. The third-order valence-electron chi connectivity index (χ3n) is 4.82. The van der Waals surface area contributed by atoms with Gasteiger partial charge < -0.3 is 9.47 Å². The van der Waals surface area contributed by atoms with Gasteiger partial charge in [0, 0.05) is 23.9 Å². The summed E-state index contributed by atoms with van der Waals surface area (Å²) in [5.41, 5.74) is 2.71. The van der Waals surface area contributed by atoms with Crippen LogP contribution in [0.2, 0.25) is 0 Å². The molecule has 3 rings (SSSR count). The van der Waals surface area contributed by atoms with Crippen molar-refractivity contribution in [2.24, 2.45) is 5.92 Å². The van der Waals surface area contributed by atoms with Gasteiger partial charge in [0.25, 0.3) is 5.24 Å². The van der Waals surface area contributed by atoms with Gasteiger partial charge in [-0.3, -0.25) is 24.7 Å². The Labute approximate surface area is 199 Å². The highest BCUT2D eigenvalue weighted by Gasteiger charge is 2.31. The van der Waals surface area contributed by atoms with E-state index >= 15 is 0 Å². The van der Waals surface area contributed by atoms with Crippen LogP contribution in [0.15, 0.2) is 42.6 Å². The number of imide groups is 1. The number of pyridine rings is 1. The summed E-state index contributed by atoms with van der Waals surface area (Å²) in [5, 5.41) is 1.64. The number of ether oxygens (including phenoxy) is 2. The summed E-state index contributed by atoms with van der Waals surface area (Å²) in [6, 6.07) is 11.3. The van der Waals surface area contributed by atoms with Gasteiger partial charge in [-0.15, -0.1) is 0 Å². The molecule has 7 nitrogen and oxygen atoms in total. The molecule has 0 radical (unpaired) electrons. The maximum atomic E-state index is 11.7. The van der Waals surface area contributed by atoms with E-state index in [1.165, 1.54) is 0 Å². The van der Waals surface area contributed by atoms with Crippen molar-refractivity contribution in [2.45, 2.75) is 58.8 Å². The van der Waals surface area contributed by atoms with E-state index < -0.39 is 0 Å². The Morgan fingerprint density at radius 1 is 1.09 bits per heavy atom. The molecule has 178 valence electrons. The summed E-state index contributed by atoms with van der Waals surface area (Å²) in [4.78, 5) is 39.0. The van der Waals surface area contributed by atoms with E-state index in [4.69, 9.17) is 9.47 Å². The van der Waals surface area contributed by atoms with Crippen molar-refractivity contribution in [3.05, 3.63) is 59.4 Å². The predicted octanol–water partition coefficient (Wildman–Crippen LogP) is 4.88. The minimum Gasteiger partial charge on any atom is -0.493 e. The highest BCUT2D eigenvalue weighted by molar-refractivity contribution is 8.15. The Morgan fingerprint density at radius 3 is 2.33 bits per heavy atom. The third kappa shape index (κ3) is 8.20. The first kappa shape index (κ1) is 26.4. The lowest BCUT2D eigenvalue weighted by molar-refractivity contribution is -0.152. The fourth-order valence-electron chi connectivity index (χ4n) is 2.94. The second-order valence-electron chi connectivity index (χ2n) is 7.65. The molecule has 0 bridgehead atoms. The molecule has 33 heavy (non-hydrogen) atoms. The maximum Gasteiger partial charge on any atom is 0.308 e. The number of nitrogens with zero attached hydrogens (tertiary/aromatic N) is 1. The average molecular weight is 473 g/mol. The van der Waals surface area contributed by atoms with E-state index in [9.17, 15) is 14.4 Å². The highest BCUT2D eigenvalue weighted by atomic mass is 32.2. The first-order valence-electron chi connectivity index (χ1n) is 11.2. The van der Waals surface area contributed by atoms with Crippen LogP contribution in [-0.2, 0) is 27.2 Å². The van der Waals surface area contributed by atoms with Gasteiger partial charge in [-0.2, -0.15) is 0 Å². The number of thioether (sulfide) groups is 1. The lowest BCUT2D eigenvalue weighted by Gasteiger charge is -2.15. The number of amides is 2. The van der Waals surface area contributed by atoms with Crippen LogP contribution in [0.5, 0.6) is 5.75 Å². The molecule has 2 amide bonds. The number of esters is 1. The molecule has 8 heteroatoms. The Kier molecular flexibility index (Phi) is 10.4. The molecule has 1 fully saturated rings. The molecule has 1 unspecified atom stereocenters. The van der Waals surface area contributed by atoms with E-state index in [1.807, 2.05) is 57.2 Å². The van der Waals surface area contributed by atoms with Gasteiger partial charge in [0.2, 0.25) is 5.91 Å². The highest BCUT2D eigenvalue weighted by Crippen LogP contribution is 2.24. The SMILES string of the molecule is CC.CC(C)C(=O)OC(C)c1ccc(CCOc2ccc(C[C@@H]3SC(=O)NC3=O)cc2)nc1. The number of hydrogen-bond donors (Lipinski definition) is 1. The molecule has 2 aromatic rings. The molecule has 0 aliphatic carbocycles. The Balaban J connectivity index is 0.00000187. The fraction of sp³-hybridized carbons (Fsp3) is 0.440. The van der Waals surface area contributed by atoms with Gasteiger partial charge in [0.05, 0.1) is 17.8 Å². The van der Waals surface area contributed by atoms with E-state index in [1.54, 1.807) is 20.0 Å². The summed E-state index contributed by atoms with van der Waals surface area (Å²) in [6.45, 7) is 9.91. The summed E-state index contributed by atoms with van der Waals surface area (Å²) < 4.78 is 11.2. The van der Waals surface area contributed by atoms with Crippen LogP contribution < -0.4 is 10.1 Å². The molecule has 1 aromatic heterocycles. The van der Waals surface area contributed by atoms with Gasteiger partial charge in [0.15, 0.2) is 0 Å². The first-order chi connectivity index (χ1) is 15.8. The second kappa shape index (κ2) is 13.0. The normalized spacial score (nSPS) is 16.0. The Bertz CT molecular complexity index is 929. The lowest BCUT2D eigenvalue weighted by atomic mass is 10.1. The molecule has 2 atom stereocenters. The van der Waals surface area contributed by atoms with Gasteiger partial charge in [0.1, 0.15) is 11.9 Å². The van der Waals surface area contributed by atoms with Gasteiger partial charge >= 0.3 is 5.97 Å². The summed E-state index contributed by atoms with van der Waals surface area (Å²) in [5.74, 6) is 0.108. The molecular formula is C25H32N2O5S. The molecule has 1 aliphatic rings. The van der Waals surface area contributed by atoms with Crippen molar-refractivity contribution < 1.29 is 23.9 Å². The quantitative estimate of drug-likeness (QED) is 0.520. The fourth-order valence-corrected chi connectivity index (χ4v) is 3.80. The van der Waals surface area contributed by atoms with Crippen molar-refractivity contribution in [1.29, 1.82) is 0 Å². The van der Waals surface area contributed by atoms with Crippen LogP contribution in [0.1, 0.15) is 57.5 Å². The van der Waals surface area contributed by atoms with Gasteiger partial charge in [-0.05, 0) is 37.1 Å². The van der Waals surface area contributed by atoms with E-state index in [0.29, 0.717) is 19.4 Å². The summed E-state index contributed by atoms with van der Waals surface area (Å²) >= 11 is 1.03.